The van der Waals surface area contributed by atoms with Crippen LogP contribution in [-0.2, 0) is 10.8 Å². The van der Waals surface area contributed by atoms with Gasteiger partial charge in [0.1, 0.15) is 11.9 Å². The van der Waals surface area contributed by atoms with Gasteiger partial charge in [0.05, 0.1) is 5.69 Å². The molecule has 7 aromatic rings. The number of hydrogen-bond donors (Lipinski definition) is 0. The van der Waals surface area contributed by atoms with E-state index in [0.29, 0.717) is 0 Å². The lowest BCUT2D eigenvalue weighted by Crippen LogP contribution is -2.21. The van der Waals surface area contributed by atoms with E-state index in [2.05, 4.69) is 196 Å². The van der Waals surface area contributed by atoms with Crippen molar-refractivity contribution in [3.63, 3.8) is 0 Å². The first kappa shape index (κ1) is 31.4. The molecular formula is C52H41NO. The zero-order chi connectivity index (χ0) is 36.3. The predicted molar refractivity (Wildman–Crippen MR) is 224 cm³/mol. The summed E-state index contributed by atoms with van der Waals surface area (Å²) in [6.45, 7) is 9.49. The highest BCUT2D eigenvalue weighted by Gasteiger charge is 2.41. The summed E-state index contributed by atoms with van der Waals surface area (Å²) in [6.07, 6.45) is 6.69. The smallest absolute Gasteiger partial charge is 0.135 e. The van der Waals surface area contributed by atoms with Crippen LogP contribution in [-0.4, -0.2) is 6.10 Å². The molecule has 0 radical (unpaired) electrons. The molecule has 0 N–H and O–H groups in total. The minimum Gasteiger partial charge on any atom is -0.484 e. The number of rotatable bonds is 4. The van der Waals surface area contributed by atoms with Gasteiger partial charge in [-0.3, -0.25) is 0 Å². The number of anilines is 3. The van der Waals surface area contributed by atoms with Crippen LogP contribution in [0.3, 0.4) is 0 Å². The molecule has 2 nitrogen and oxygen atoms in total. The van der Waals surface area contributed by atoms with E-state index in [9.17, 15) is 0 Å². The summed E-state index contributed by atoms with van der Waals surface area (Å²) in [4.78, 5) is 2.52. The Morgan fingerprint density at radius 1 is 0.519 bits per heavy atom. The zero-order valence-electron chi connectivity index (χ0n) is 31.1. The maximum absolute atomic E-state index is 7.05. The zero-order valence-corrected chi connectivity index (χ0v) is 31.1. The second-order valence-electron chi connectivity index (χ2n) is 16.4. The minimum atomic E-state index is -0.122. The second kappa shape index (κ2) is 11.2. The largest absolute Gasteiger partial charge is 0.484 e. The Hall–Kier alpha value is -6.12. The Bertz CT molecular complexity index is 2660. The molecule has 0 spiro atoms. The highest BCUT2D eigenvalue weighted by molar-refractivity contribution is 6.04. The van der Waals surface area contributed by atoms with E-state index >= 15 is 0 Å². The highest BCUT2D eigenvalue weighted by atomic mass is 16.5. The Morgan fingerprint density at radius 2 is 1.06 bits per heavy atom. The van der Waals surface area contributed by atoms with Crippen molar-refractivity contribution >= 4 is 33.4 Å². The van der Waals surface area contributed by atoms with Crippen LogP contribution in [0.15, 0.2) is 164 Å². The number of hydrogen-bond acceptors (Lipinski definition) is 2. The lowest BCUT2D eigenvalue weighted by Gasteiger charge is -2.31. The van der Waals surface area contributed by atoms with Gasteiger partial charge in [-0.05, 0) is 80.4 Å². The molecule has 0 bridgehead atoms. The van der Waals surface area contributed by atoms with Gasteiger partial charge >= 0.3 is 0 Å². The SMILES string of the molecule is CC1(C)c2ccccc2-c2ccc(N(c3ccc4c(c3)C(C)(C)c3ccccc3-4)c3cc4c(c5ccccc35)OC3C(c5ccccc5)=CC=CC43)cc21. The van der Waals surface area contributed by atoms with Gasteiger partial charge in [-0.2, -0.15) is 0 Å². The third-order valence-electron chi connectivity index (χ3n) is 12.8. The average molecular weight is 696 g/mol. The Kier molecular flexibility index (Phi) is 6.51. The minimum absolute atomic E-state index is 0.0851. The summed E-state index contributed by atoms with van der Waals surface area (Å²) >= 11 is 0. The van der Waals surface area contributed by atoms with Gasteiger partial charge in [0.2, 0.25) is 0 Å². The molecule has 54 heavy (non-hydrogen) atoms. The van der Waals surface area contributed by atoms with Crippen molar-refractivity contribution in [1.29, 1.82) is 0 Å². The highest BCUT2D eigenvalue weighted by Crippen LogP contribution is 2.56. The molecule has 7 aromatic carbocycles. The first-order valence-electron chi connectivity index (χ1n) is 19.3. The maximum Gasteiger partial charge on any atom is 0.135 e. The van der Waals surface area contributed by atoms with Crippen molar-refractivity contribution in [2.45, 2.75) is 50.5 Å². The van der Waals surface area contributed by atoms with E-state index in [0.717, 1.165) is 22.5 Å². The molecule has 3 aliphatic carbocycles. The standard InChI is InChI=1S/C52H41NO/c1-51(2)44-23-12-10-17-36(44)38-27-25-33(29-46(38)51)53(34-26-28-39-37-18-11-13-24-45(37)52(3,4)47(39)30-34)48-31-43-42-22-14-21-35(32-15-6-5-7-16-32)49(42)54-50(43)41-20-9-8-19-40(41)48/h5-31,42,49H,1-4H3. The summed E-state index contributed by atoms with van der Waals surface area (Å²) < 4.78 is 7.05. The van der Waals surface area contributed by atoms with Gasteiger partial charge in [-0.25, -0.2) is 0 Å². The van der Waals surface area contributed by atoms with Gasteiger partial charge in [0, 0.05) is 50.0 Å². The van der Waals surface area contributed by atoms with Crippen LogP contribution in [0.1, 0.15) is 67.0 Å². The Morgan fingerprint density at radius 3 is 1.69 bits per heavy atom. The Balaban J connectivity index is 1.14. The molecule has 11 rings (SSSR count). The van der Waals surface area contributed by atoms with E-state index in [1.807, 2.05) is 0 Å². The normalized spacial score (nSPS) is 18.9. The molecule has 2 unspecified atom stereocenters. The monoisotopic (exact) mass is 695 g/mol. The quantitative estimate of drug-likeness (QED) is 0.182. The van der Waals surface area contributed by atoms with Crippen LogP contribution in [0.5, 0.6) is 5.75 Å². The first-order chi connectivity index (χ1) is 26.3. The third-order valence-corrected chi connectivity index (χ3v) is 12.8. The summed E-state index contributed by atoms with van der Waals surface area (Å²) in [5.41, 5.74) is 17.7. The number of nitrogens with zero attached hydrogens (tertiary/aromatic N) is 1. The summed E-state index contributed by atoms with van der Waals surface area (Å²) in [5.74, 6) is 1.10. The van der Waals surface area contributed by atoms with Crippen molar-refractivity contribution in [2.75, 3.05) is 4.90 Å². The fourth-order valence-electron chi connectivity index (χ4n) is 10.1. The van der Waals surface area contributed by atoms with Crippen LogP contribution in [0.4, 0.5) is 17.1 Å². The second-order valence-corrected chi connectivity index (χ2v) is 16.4. The molecule has 1 aliphatic heterocycles. The summed E-state index contributed by atoms with van der Waals surface area (Å²) in [6, 6.07) is 54.1. The van der Waals surface area contributed by atoms with Crippen LogP contribution >= 0.6 is 0 Å². The molecule has 0 amide bonds. The lowest BCUT2D eigenvalue weighted by atomic mass is 9.82. The fourth-order valence-corrected chi connectivity index (χ4v) is 10.1. The van der Waals surface area contributed by atoms with Crippen LogP contribution in [0, 0.1) is 0 Å². The van der Waals surface area contributed by atoms with Crippen molar-refractivity contribution < 1.29 is 4.74 Å². The molecule has 1 heterocycles. The lowest BCUT2D eigenvalue weighted by molar-refractivity contribution is 0.281. The fraction of sp³-hybridized carbons (Fsp3) is 0.154. The van der Waals surface area contributed by atoms with Crippen LogP contribution in [0.25, 0.3) is 38.6 Å². The molecule has 4 aliphatic rings. The van der Waals surface area contributed by atoms with Crippen LogP contribution in [0.2, 0.25) is 0 Å². The van der Waals surface area contributed by atoms with Crippen molar-refractivity contribution in [1.82, 2.24) is 0 Å². The van der Waals surface area contributed by atoms with E-state index in [1.54, 1.807) is 0 Å². The average Bonchev–Trinajstić information content (AvgIpc) is 3.78. The molecule has 260 valence electrons. The van der Waals surface area contributed by atoms with Crippen molar-refractivity contribution in [3.8, 4) is 28.0 Å². The van der Waals surface area contributed by atoms with Gasteiger partial charge in [-0.15, -0.1) is 0 Å². The number of fused-ring (bicyclic) bond motifs is 11. The van der Waals surface area contributed by atoms with Crippen LogP contribution < -0.4 is 9.64 Å². The Labute approximate surface area is 317 Å². The van der Waals surface area contributed by atoms with E-state index in [1.165, 1.54) is 72.3 Å². The molecule has 0 aromatic heterocycles. The van der Waals surface area contributed by atoms with Gasteiger partial charge < -0.3 is 9.64 Å². The van der Waals surface area contributed by atoms with Gasteiger partial charge in [0.25, 0.3) is 0 Å². The van der Waals surface area contributed by atoms with Gasteiger partial charge in [0.15, 0.2) is 0 Å². The maximum atomic E-state index is 7.05. The molecule has 2 heteroatoms. The first-order valence-corrected chi connectivity index (χ1v) is 19.3. The third kappa shape index (κ3) is 4.28. The van der Waals surface area contributed by atoms with E-state index < -0.39 is 0 Å². The molecule has 0 saturated carbocycles. The van der Waals surface area contributed by atoms with Crippen molar-refractivity contribution in [3.05, 3.63) is 197 Å². The molecule has 2 atom stereocenters. The topological polar surface area (TPSA) is 12.5 Å². The van der Waals surface area contributed by atoms with E-state index in [4.69, 9.17) is 4.74 Å². The predicted octanol–water partition coefficient (Wildman–Crippen LogP) is 13.4. The molecule has 0 saturated heterocycles. The summed E-state index contributed by atoms with van der Waals surface area (Å²) in [5, 5.41) is 2.32. The van der Waals surface area contributed by atoms with E-state index in [-0.39, 0.29) is 22.9 Å². The summed E-state index contributed by atoms with van der Waals surface area (Å²) in [7, 11) is 0. The number of allylic oxidation sites excluding steroid dienone is 2. The molecular weight excluding hydrogens is 655 g/mol. The van der Waals surface area contributed by atoms with Crippen molar-refractivity contribution in [2.24, 2.45) is 0 Å². The van der Waals surface area contributed by atoms with Gasteiger partial charge in [-0.1, -0.05) is 161 Å². The number of ether oxygens (including phenoxy) is 1. The molecule has 0 fully saturated rings. The number of benzene rings is 7.